The Labute approximate surface area is 104 Å². The van der Waals surface area contributed by atoms with Crippen molar-refractivity contribution in [3.8, 4) is 0 Å². The van der Waals surface area contributed by atoms with Crippen molar-refractivity contribution in [2.75, 3.05) is 33.2 Å². The molecule has 0 saturated carbocycles. The number of carboxylic acids is 1. The van der Waals surface area contributed by atoms with E-state index in [4.69, 9.17) is 5.11 Å². The average Bonchev–Trinajstić information content (AvgIpc) is 2.39. The highest BCUT2D eigenvalue weighted by atomic mass is 19.4. The summed E-state index contributed by atoms with van der Waals surface area (Å²) in [6, 6.07) is -0.298. The number of aliphatic carboxylic acids is 1. The Morgan fingerprint density at radius 3 is 2.61 bits per heavy atom. The Morgan fingerprint density at radius 2 is 2.06 bits per heavy atom. The van der Waals surface area contributed by atoms with Gasteiger partial charge in [0.05, 0.1) is 13.1 Å². The third kappa shape index (κ3) is 5.68. The van der Waals surface area contributed by atoms with Gasteiger partial charge in [0.2, 0.25) is 0 Å². The Hall–Kier alpha value is -0.820. The van der Waals surface area contributed by atoms with Crippen molar-refractivity contribution in [3.05, 3.63) is 0 Å². The highest BCUT2D eigenvalue weighted by molar-refractivity contribution is 5.69. The molecule has 0 aromatic carbocycles. The number of carbonyl (C=O) groups is 1. The lowest BCUT2D eigenvalue weighted by molar-refractivity contribution is -0.158. The molecule has 0 bridgehead atoms. The Balaban J connectivity index is 2.65. The van der Waals surface area contributed by atoms with Gasteiger partial charge in [-0.15, -0.1) is 0 Å². The van der Waals surface area contributed by atoms with Gasteiger partial charge in [-0.2, -0.15) is 13.2 Å². The summed E-state index contributed by atoms with van der Waals surface area (Å²) >= 11 is 0. The molecule has 1 saturated heterocycles. The second-order valence-corrected chi connectivity index (χ2v) is 4.80. The van der Waals surface area contributed by atoms with Crippen LogP contribution in [0.15, 0.2) is 0 Å². The van der Waals surface area contributed by atoms with E-state index in [0.29, 0.717) is 19.4 Å². The maximum absolute atomic E-state index is 12.4. The van der Waals surface area contributed by atoms with Gasteiger partial charge in [-0.05, 0) is 39.4 Å². The molecule has 0 aromatic rings. The standard InChI is InChI=1S/C11H19F3N2O2/c1-15-5-2-3-9(4-6-15)16(7-10(17)18)8-11(12,13)14/h9H,2-8H2,1H3,(H,17,18). The normalized spacial score (nSPS) is 23.1. The number of likely N-dealkylation sites (tertiary alicyclic amines) is 1. The zero-order chi connectivity index (χ0) is 13.8. The average molecular weight is 268 g/mol. The summed E-state index contributed by atoms with van der Waals surface area (Å²) in [4.78, 5) is 13.8. The fourth-order valence-corrected chi connectivity index (χ4v) is 2.31. The molecule has 18 heavy (non-hydrogen) atoms. The Morgan fingerprint density at radius 1 is 1.39 bits per heavy atom. The van der Waals surface area contributed by atoms with E-state index in [0.717, 1.165) is 17.9 Å². The van der Waals surface area contributed by atoms with Crippen molar-refractivity contribution in [2.24, 2.45) is 0 Å². The summed E-state index contributed by atoms with van der Waals surface area (Å²) in [6.45, 7) is -0.135. The van der Waals surface area contributed by atoms with E-state index < -0.39 is 25.2 Å². The number of hydrogen-bond acceptors (Lipinski definition) is 3. The fourth-order valence-electron chi connectivity index (χ4n) is 2.31. The predicted octanol–water partition coefficient (Wildman–Crippen LogP) is 1.42. The van der Waals surface area contributed by atoms with Gasteiger partial charge in [0.15, 0.2) is 0 Å². The van der Waals surface area contributed by atoms with Crippen molar-refractivity contribution in [3.63, 3.8) is 0 Å². The summed E-state index contributed by atoms with van der Waals surface area (Å²) < 4.78 is 37.3. The van der Waals surface area contributed by atoms with Crippen molar-refractivity contribution in [1.82, 2.24) is 9.80 Å². The van der Waals surface area contributed by atoms with E-state index in [1.165, 1.54) is 0 Å². The molecule has 1 aliphatic heterocycles. The van der Waals surface area contributed by atoms with E-state index in [-0.39, 0.29) is 6.04 Å². The van der Waals surface area contributed by atoms with Gasteiger partial charge in [0, 0.05) is 6.04 Å². The molecule has 0 aliphatic carbocycles. The lowest BCUT2D eigenvalue weighted by atomic mass is 10.1. The molecule has 1 rings (SSSR count). The molecule has 0 aromatic heterocycles. The second-order valence-electron chi connectivity index (χ2n) is 4.80. The first-order chi connectivity index (χ1) is 8.28. The van der Waals surface area contributed by atoms with Gasteiger partial charge in [-0.3, -0.25) is 9.69 Å². The van der Waals surface area contributed by atoms with E-state index in [2.05, 4.69) is 4.90 Å². The lowest BCUT2D eigenvalue weighted by Gasteiger charge is -2.30. The molecule has 0 amide bonds. The number of rotatable bonds is 4. The molecular weight excluding hydrogens is 249 g/mol. The van der Waals surface area contributed by atoms with Gasteiger partial charge < -0.3 is 10.0 Å². The molecule has 4 nitrogen and oxygen atoms in total. The van der Waals surface area contributed by atoms with Crippen LogP contribution in [0.2, 0.25) is 0 Å². The third-order valence-electron chi connectivity index (χ3n) is 3.16. The van der Waals surface area contributed by atoms with Crippen molar-refractivity contribution < 1.29 is 23.1 Å². The highest BCUT2D eigenvalue weighted by Crippen LogP contribution is 2.22. The number of hydrogen-bond donors (Lipinski definition) is 1. The molecule has 0 spiro atoms. The quantitative estimate of drug-likeness (QED) is 0.837. The van der Waals surface area contributed by atoms with Crippen LogP contribution in [0.1, 0.15) is 19.3 Å². The topological polar surface area (TPSA) is 43.8 Å². The first-order valence-electron chi connectivity index (χ1n) is 5.99. The van der Waals surface area contributed by atoms with E-state index >= 15 is 0 Å². The highest BCUT2D eigenvalue weighted by Gasteiger charge is 2.35. The summed E-state index contributed by atoms with van der Waals surface area (Å²) in [5.41, 5.74) is 0. The van der Waals surface area contributed by atoms with E-state index in [9.17, 15) is 18.0 Å². The van der Waals surface area contributed by atoms with Gasteiger partial charge in [0.1, 0.15) is 0 Å². The molecule has 1 atom stereocenters. The van der Waals surface area contributed by atoms with E-state index in [1.807, 2.05) is 7.05 Å². The largest absolute Gasteiger partial charge is 0.480 e. The third-order valence-corrected chi connectivity index (χ3v) is 3.16. The van der Waals surface area contributed by atoms with Crippen LogP contribution in [0.25, 0.3) is 0 Å². The van der Waals surface area contributed by atoms with Crippen LogP contribution < -0.4 is 0 Å². The molecule has 0 radical (unpaired) electrons. The van der Waals surface area contributed by atoms with Gasteiger partial charge in [-0.1, -0.05) is 0 Å². The molecule has 1 heterocycles. The van der Waals surface area contributed by atoms with Crippen LogP contribution in [0.5, 0.6) is 0 Å². The summed E-state index contributed by atoms with van der Waals surface area (Å²) in [6.07, 6.45) is -2.35. The van der Waals surface area contributed by atoms with Gasteiger partial charge in [0.25, 0.3) is 0 Å². The second kappa shape index (κ2) is 6.38. The van der Waals surface area contributed by atoms with Crippen molar-refractivity contribution in [2.45, 2.75) is 31.5 Å². The summed E-state index contributed by atoms with van der Waals surface area (Å²) in [5.74, 6) is -1.21. The molecule has 106 valence electrons. The monoisotopic (exact) mass is 268 g/mol. The SMILES string of the molecule is CN1CCCC(N(CC(=O)O)CC(F)(F)F)CC1. The lowest BCUT2D eigenvalue weighted by Crippen LogP contribution is -2.44. The summed E-state index contributed by atoms with van der Waals surface area (Å²) in [5, 5.41) is 8.71. The minimum absolute atomic E-state index is 0.298. The smallest absolute Gasteiger partial charge is 0.401 e. The van der Waals surface area contributed by atoms with E-state index in [1.54, 1.807) is 0 Å². The van der Waals surface area contributed by atoms with Crippen LogP contribution in [0.4, 0.5) is 13.2 Å². The Kier molecular flexibility index (Phi) is 5.40. The molecule has 1 N–H and O–H groups in total. The summed E-state index contributed by atoms with van der Waals surface area (Å²) in [7, 11) is 1.92. The number of halogens is 3. The molecule has 1 fully saturated rings. The molecular formula is C11H19F3N2O2. The van der Waals surface area contributed by atoms with Gasteiger partial charge >= 0.3 is 12.1 Å². The maximum Gasteiger partial charge on any atom is 0.401 e. The minimum atomic E-state index is -4.35. The van der Waals surface area contributed by atoms with Crippen molar-refractivity contribution >= 4 is 5.97 Å². The molecule has 1 unspecified atom stereocenters. The van der Waals surface area contributed by atoms with Crippen molar-refractivity contribution in [1.29, 1.82) is 0 Å². The van der Waals surface area contributed by atoms with Gasteiger partial charge in [-0.25, -0.2) is 0 Å². The minimum Gasteiger partial charge on any atom is -0.480 e. The zero-order valence-corrected chi connectivity index (χ0v) is 10.4. The van der Waals surface area contributed by atoms with Crippen LogP contribution in [-0.2, 0) is 4.79 Å². The number of carboxylic acid groups (broad SMARTS) is 1. The van der Waals surface area contributed by atoms with Crippen LogP contribution in [-0.4, -0.2) is 66.3 Å². The number of alkyl halides is 3. The first kappa shape index (κ1) is 15.2. The van der Waals surface area contributed by atoms with Crippen LogP contribution in [0.3, 0.4) is 0 Å². The van der Waals surface area contributed by atoms with Crippen LogP contribution in [0, 0.1) is 0 Å². The maximum atomic E-state index is 12.4. The van der Waals surface area contributed by atoms with Crippen LogP contribution >= 0.6 is 0 Å². The first-order valence-corrected chi connectivity index (χ1v) is 5.99. The zero-order valence-electron chi connectivity index (χ0n) is 10.4. The fraction of sp³-hybridized carbons (Fsp3) is 0.909. The molecule has 1 aliphatic rings. The predicted molar refractivity (Wildman–Crippen MR) is 60.4 cm³/mol. The molecule has 7 heteroatoms. The number of nitrogens with zero attached hydrogens (tertiary/aromatic N) is 2. The Bertz CT molecular complexity index is 284.